The second kappa shape index (κ2) is 2.86. The molecule has 1 atom stereocenters. The maximum Gasteiger partial charge on any atom is 0.425 e. The van der Waals surface area contributed by atoms with Crippen molar-refractivity contribution in [2.24, 2.45) is 0 Å². The van der Waals surface area contributed by atoms with E-state index >= 15 is 0 Å². The van der Waals surface area contributed by atoms with Gasteiger partial charge in [0.1, 0.15) is 0 Å². The van der Waals surface area contributed by atoms with Crippen LogP contribution in [0.2, 0.25) is 0 Å². The summed E-state index contributed by atoms with van der Waals surface area (Å²) in [5, 5.41) is 0. The van der Waals surface area contributed by atoms with Gasteiger partial charge in [-0.1, -0.05) is 0 Å². The monoisotopic (exact) mass is 184 g/mol. The molecule has 0 bridgehead atoms. The first-order chi connectivity index (χ1) is 4.72. The molecule has 7 heteroatoms. The fourth-order valence-corrected chi connectivity index (χ4v) is 0.307. The molecule has 0 aliphatic heterocycles. The van der Waals surface area contributed by atoms with Crippen LogP contribution >= 0.6 is 0 Å². The van der Waals surface area contributed by atoms with Gasteiger partial charge >= 0.3 is 12.1 Å². The number of alkyl halides is 7. The van der Waals surface area contributed by atoms with Gasteiger partial charge < -0.3 is 0 Å². The Labute approximate surface area is 57.0 Å². The number of rotatable bonds is 2. The van der Waals surface area contributed by atoms with Crippen LogP contribution < -0.4 is 0 Å². The highest BCUT2D eigenvalue weighted by molar-refractivity contribution is 4.81. The molecule has 0 aliphatic rings. The van der Waals surface area contributed by atoms with Gasteiger partial charge in [-0.05, 0) is 0 Å². The van der Waals surface area contributed by atoms with Crippen molar-refractivity contribution in [2.75, 3.05) is 6.67 Å². The van der Waals surface area contributed by atoms with Crippen LogP contribution in [0.25, 0.3) is 0 Å². The van der Waals surface area contributed by atoms with Crippen LogP contribution in [0.5, 0.6) is 0 Å². The van der Waals surface area contributed by atoms with Gasteiger partial charge in [-0.25, -0.2) is 17.6 Å². The molecule has 0 nitrogen and oxygen atoms in total. The van der Waals surface area contributed by atoms with Gasteiger partial charge in [-0.3, -0.25) is 0 Å². The van der Waals surface area contributed by atoms with Gasteiger partial charge in [0.15, 0.2) is 6.67 Å². The van der Waals surface area contributed by atoms with Crippen molar-refractivity contribution in [1.29, 1.82) is 0 Å². The van der Waals surface area contributed by atoms with Crippen molar-refractivity contribution in [3.8, 4) is 0 Å². The van der Waals surface area contributed by atoms with Gasteiger partial charge in [-0.2, -0.15) is 13.2 Å². The summed E-state index contributed by atoms with van der Waals surface area (Å²) in [6, 6.07) is 0. The fourth-order valence-electron chi connectivity index (χ4n) is 0.307. The highest BCUT2D eigenvalue weighted by Crippen LogP contribution is 2.34. The van der Waals surface area contributed by atoms with Crippen molar-refractivity contribution in [2.45, 2.75) is 18.3 Å². The van der Waals surface area contributed by atoms with E-state index in [1.165, 1.54) is 0 Å². The Bertz CT molecular complexity index is 125. The molecule has 11 heavy (non-hydrogen) atoms. The molecule has 68 valence electrons. The van der Waals surface area contributed by atoms with E-state index in [-0.39, 0.29) is 0 Å². The zero-order valence-electron chi connectivity index (χ0n) is 4.93. The van der Waals surface area contributed by atoms with Crippen molar-refractivity contribution in [3.63, 3.8) is 0 Å². The summed E-state index contributed by atoms with van der Waals surface area (Å²) in [4.78, 5) is 0. The summed E-state index contributed by atoms with van der Waals surface area (Å²) in [5.41, 5.74) is 0. The number of halogens is 7. The lowest BCUT2D eigenvalue weighted by molar-refractivity contribution is -0.247. The summed E-state index contributed by atoms with van der Waals surface area (Å²) < 4.78 is 79.1. The van der Waals surface area contributed by atoms with Gasteiger partial charge in [0.2, 0.25) is 0 Å². The Morgan fingerprint density at radius 1 is 1.00 bits per heavy atom. The summed E-state index contributed by atoms with van der Waals surface area (Å²) in [6.45, 7) is -2.66. The number of hydrogen-bond acceptors (Lipinski definition) is 0. The minimum atomic E-state index is -5.71. The molecule has 0 aromatic rings. The zero-order valence-corrected chi connectivity index (χ0v) is 4.93. The second-order valence-electron chi connectivity index (χ2n) is 1.80. The first-order valence-corrected chi connectivity index (χ1v) is 2.36. The van der Waals surface area contributed by atoms with Crippen LogP contribution in [-0.2, 0) is 0 Å². The second-order valence-corrected chi connectivity index (χ2v) is 1.80. The Morgan fingerprint density at radius 2 is 1.36 bits per heavy atom. The lowest BCUT2D eigenvalue weighted by Crippen LogP contribution is -2.43. The van der Waals surface area contributed by atoms with Crippen LogP contribution in [0, 0.1) is 0 Å². The predicted octanol–water partition coefficient (Wildman–Crippen LogP) is 2.49. The molecule has 0 aromatic heterocycles. The molecule has 0 radical (unpaired) electrons. The Hall–Kier alpha value is -0.490. The third-order valence-electron chi connectivity index (χ3n) is 0.836. The predicted molar refractivity (Wildman–Crippen MR) is 21.9 cm³/mol. The molecule has 0 saturated carbocycles. The first kappa shape index (κ1) is 10.5. The standard InChI is InChI=1S/C4H3F7/c5-1-3(7,8)2(6)4(9,10)11/h2H,1H2. The molecular weight excluding hydrogens is 181 g/mol. The Morgan fingerprint density at radius 3 is 1.45 bits per heavy atom. The minimum Gasteiger partial charge on any atom is -0.244 e. The summed E-state index contributed by atoms with van der Waals surface area (Å²) in [6.07, 6.45) is -10.1. The molecule has 0 heterocycles. The van der Waals surface area contributed by atoms with Gasteiger partial charge in [0, 0.05) is 0 Å². The summed E-state index contributed by atoms with van der Waals surface area (Å²) >= 11 is 0. The average molecular weight is 184 g/mol. The van der Waals surface area contributed by atoms with Gasteiger partial charge in [-0.15, -0.1) is 0 Å². The van der Waals surface area contributed by atoms with E-state index in [0.717, 1.165) is 0 Å². The maximum absolute atomic E-state index is 11.6. The number of hydrogen-bond donors (Lipinski definition) is 0. The molecule has 0 fully saturated rings. The van der Waals surface area contributed by atoms with Gasteiger partial charge in [0.05, 0.1) is 0 Å². The third kappa shape index (κ3) is 2.55. The lowest BCUT2D eigenvalue weighted by Gasteiger charge is -2.19. The van der Waals surface area contributed by atoms with Crippen LogP contribution in [-0.4, -0.2) is 24.9 Å². The van der Waals surface area contributed by atoms with E-state index in [1.54, 1.807) is 0 Å². The molecule has 1 unspecified atom stereocenters. The van der Waals surface area contributed by atoms with E-state index in [1.807, 2.05) is 0 Å². The Kier molecular flexibility index (Phi) is 2.74. The maximum atomic E-state index is 11.6. The summed E-state index contributed by atoms with van der Waals surface area (Å²) in [7, 11) is 0. The molecule has 0 aliphatic carbocycles. The Balaban J connectivity index is 4.35. The molecule has 0 saturated heterocycles. The molecule has 0 N–H and O–H groups in total. The van der Waals surface area contributed by atoms with Crippen molar-refractivity contribution in [1.82, 2.24) is 0 Å². The molecule has 0 amide bonds. The van der Waals surface area contributed by atoms with E-state index in [0.29, 0.717) is 0 Å². The molecule has 0 aromatic carbocycles. The highest BCUT2D eigenvalue weighted by Gasteiger charge is 2.56. The quantitative estimate of drug-likeness (QED) is 0.578. The van der Waals surface area contributed by atoms with Crippen LogP contribution in [0.15, 0.2) is 0 Å². The third-order valence-corrected chi connectivity index (χ3v) is 0.836. The summed E-state index contributed by atoms with van der Waals surface area (Å²) in [5.74, 6) is -4.97. The minimum absolute atomic E-state index is 2.66. The lowest BCUT2D eigenvalue weighted by atomic mass is 10.2. The van der Waals surface area contributed by atoms with Crippen molar-refractivity contribution < 1.29 is 30.7 Å². The SMILES string of the molecule is FCC(F)(F)C(F)C(F)(F)F. The topological polar surface area (TPSA) is 0 Å². The molecule has 0 rings (SSSR count). The largest absolute Gasteiger partial charge is 0.425 e. The van der Waals surface area contributed by atoms with Gasteiger partial charge in [0.25, 0.3) is 6.17 Å². The van der Waals surface area contributed by atoms with E-state index in [4.69, 9.17) is 0 Å². The van der Waals surface area contributed by atoms with E-state index < -0.39 is 24.9 Å². The zero-order chi connectivity index (χ0) is 9.28. The van der Waals surface area contributed by atoms with Crippen molar-refractivity contribution >= 4 is 0 Å². The first-order valence-electron chi connectivity index (χ1n) is 2.36. The van der Waals surface area contributed by atoms with E-state index in [2.05, 4.69) is 0 Å². The van der Waals surface area contributed by atoms with E-state index in [9.17, 15) is 30.7 Å². The highest BCUT2D eigenvalue weighted by atomic mass is 19.4. The fraction of sp³-hybridized carbons (Fsp3) is 1.00. The van der Waals surface area contributed by atoms with Crippen LogP contribution in [0.1, 0.15) is 0 Å². The van der Waals surface area contributed by atoms with Crippen LogP contribution in [0.4, 0.5) is 30.7 Å². The average Bonchev–Trinajstić information content (AvgIpc) is 1.84. The smallest absolute Gasteiger partial charge is 0.244 e. The molecular formula is C4H3F7. The van der Waals surface area contributed by atoms with Crippen LogP contribution in [0.3, 0.4) is 0 Å². The van der Waals surface area contributed by atoms with Crippen molar-refractivity contribution in [3.05, 3.63) is 0 Å². The molecule has 0 spiro atoms. The normalized spacial score (nSPS) is 16.6.